The van der Waals surface area contributed by atoms with Crippen LogP contribution in [0.25, 0.3) is 0 Å². The molecule has 0 saturated carbocycles. The molecule has 0 aromatic heterocycles. The molecular formula is C24H41N. The van der Waals surface area contributed by atoms with Gasteiger partial charge in [-0.2, -0.15) is 0 Å². The topological polar surface area (TPSA) is 3.24 Å². The van der Waals surface area contributed by atoms with Crippen molar-refractivity contribution >= 4 is 0 Å². The molecule has 1 heteroatoms. The average Bonchev–Trinajstić information content (AvgIpc) is 2.50. The van der Waals surface area contributed by atoms with Crippen LogP contribution < -0.4 is 0 Å². The quantitative estimate of drug-likeness (QED) is 0.425. The zero-order valence-electron chi connectivity index (χ0n) is 17.9. The van der Waals surface area contributed by atoms with E-state index in [1.807, 2.05) is 0 Å². The van der Waals surface area contributed by atoms with E-state index in [-0.39, 0.29) is 5.54 Å². The second-order valence-electron chi connectivity index (χ2n) is 9.10. The molecule has 0 amide bonds. The normalized spacial score (nSPS) is 19.0. The van der Waals surface area contributed by atoms with E-state index in [0.29, 0.717) is 5.92 Å². The molecule has 0 spiro atoms. The molecule has 0 radical (unpaired) electrons. The van der Waals surface area contributed by atoms with Crippen molar-refractivity contribution in [1.29, 1.82) is 0 Å². The van der Waals surface area contributed by atoms with Crippen molar-refractivity contribution in [3.63, 3.8) is 0 Å². The van der Waals surface area contributed by atoms with Crippen LogP contribution in [0.2, 0.25) is 0 Å². The van der Waals surface area contributed by atoms with Gasteiger partial charge in [-0.05, 0) is 86.5 Å². The lowest BCUT2D eigenvalue weighted by Crippen LogP contribution is -2.43. The van der Waals surface area contributed by atoms with Gasteiger partial charge in [0, 0.05) is 18.6 Å². The number of allylic oxidation sites excluding steroid dienone is 5. The Morgan fingerprint density at radius 1 is 1.20 bits per heavy atom. The fourth-order valence-corrected chi connectivity index (χ4v) is 3.26. The van der Waals surface area contributed by atoms with Gasteiger partial charge in [-0.25, -0.2) is 0 Å². The van der Waals surface area contributed by atoms with E-state index < -0.39 is 0 Å². The van der Waals surface area contributed by atoms with Crippen LogP contribution in [0.1, 0.15) is 80.6 Å². The van der Waals surface area contributed by atoms with Crippen LogP contribution in [-0.4, -0.2) is 23.5 Å². The molecule has 0 aromatic carbocycles. The third kappa shape index (κ3) is 8.72. The van der Waals surface area contributed by atoms with Gasteiger partial charge in [0.1, 0.15) is 0 Å². The van der Waals surface area contributed by atoms with Gasteiger partial charge in [0.05, 0.1) is 0 Å². The van der Waals surface area contributed by atoms with Crippen LogP contribution in [0.5, 0.6) is 0 Å². The third-order valence-corrected chi connectivity index (χ3v) is 5.30. The lowest BCUT2D eigenvalue weighted by atomic mass is 9.85. The van der Waals surface area contributed by atoms with Crippen LogP contribution in [-0.2, 0) is 0 Å². The van der Waals surface area contributed by atoms with Gasteiger partial charge < -0.3 is 0 Å². The molecule has 1 rings (SSSR count). The summed E-state index contributed by atoms with van der Waals surface area (Å²) >= 11 is 0. The SMILES string of the molecule is C=C(C)C1CC=C(CN(C/C=C(\C)CCC=C(C)C)C(C)(C)C)CC1. The number of nitrogens with zero attached hydrogens (tertiary/aromatic N) is 1. The molecule has 1 unspecified atom stereocenters. The minimum absolute atomic E-state index is 0.197. The minimum Gasteiger partial charge on any atom is -0.291 e. The first-order valence-corrected chi connectivity index (χ1v) is 9.97. The standard InChI is InChI=1S/C24H41N/c1-19(2)10-9-11-21(5)16-17-25(24(6,7)8)18-22-12-14-23(15-13-22)20(3)4/h10,12,16,23H,3,9,11,13-15,17-18H2,1-2,4-8H3/b21-16+. The summed E-state index contributed by atoms with van der Waals surface area (Å²) in [6.45, 7) is 22.1. The molecular weight excluding hydrogens is 302 g/mol. The van der Waals surface area contributed by atoms with Crippen molar-refractivity contribution in [3.8, 4) is 0 Å². The van der Waals surface area contributed by atoms with Gasteiger partial charge >= 0.3 is 0 Å². The van der Waals surface area contributed by atoms with Crippen molar-refractivity contribution < 1.29 is 0 Å². The van der Waals surface area contributed by atoms with Crippen molar-refractivity contribution in [2.24, 2.45) is 5.92 Å². The minimum atomic E-state index is 0.197. The van der Waals surface area contributed by atoms with Crippen LogP contribution in [0.4, 0.5) is 0 Å². The summed E-state index contributed by atoms with van der Waals surface area (Å²) in [6, 6.07) is 0. The maximum Gasteiger partial charge on any atom is 0.0201 e. The highest BCUT2D eigenvalue weighted by Crippen LogP contribution is 2.29. The fraction of sp³-hybridized carbons (Fsp3) is 0.667. The monoisotopic (exact) mass is 343 g/mol. The molecule has 0 aliphatic heterocycles. The van der Waals surface area contributed by atoms with Crippen LogP contribution in [0.15, 0.2) is 47.1 Å². The second-order valence-corrected chi connectivity index (χ2v) is 9.10. The van der Waals surface area contributed by atoms with Crippen LogP contribution >= 0.6 is 0 Å². The highest BCUT2D eigenvalue weighted by atomic mass is 15.2. The summed E-state index contributed by atoms with van der Waals surface area (Å²) in [6.07, 6.45) is 13.3. The van der Waals surface area contributed by atoms with Crippen molar-refractivity contribution in [2.45, 2.75) is 86.1 Å². The predicted octanol–water partition coefficient (Wildman–Crippen LogP) is 7.08. The maximum atomic E-state index is 4.14. The number of rotatable bonds is 8. The largest absolute Gasteiger partial charge is 0.291 e. The molecule has 0 fully saturated rings. The lowest BCUT2D eigenvalue weighted by molar-refractivity contribution is 0.165. The zero-order valence-corrected chi connectivity index (χ0v) is 17.9. The van der Waals surface area contributed by atoms with Crippen molar-refractivity contribution in [2.75, 3.05) is 13.1 Å². The highest BCUT2D eigenvalue weighted by molar-refractivity contribution is 5.14. The van der Waals surface area contributed by atoms with E-state index in [1.165, 1.54) is 42.4 Å². The first-order valence-electron chi connectivity index (χ1n) is 9.97. The summed E-state index contributed by atoms with van der Waals surface area (Å²) in [5.41, 5.74) is 6.08. The molecule has 0 N–H and O–H groups in total. The summed E-state index contributed by atoms with van der Waals surface area (Å²) in [5.74, 6) is 0.698. The van der Waals surface area contributed by atoms with Crippen molar-refractivity contribution in [1.82, 2.24) is 4.90 Å². The number of hydrogen-bond acceptors (Lipinski definition) is 1. The van der Waals surface area contributed by atoms with E-state index in [9.17, 15) is 0 Å². The Hall–Kier alpha value is -1.08. The Morgan fingerprint density at radius 3 is 2.36 bits per heavy atom. The van der Waals surface area contributed by atoms with E-state index in [0.717, 1.165) is 19.5 Å². The molecule has 25 heavy (non-hydrogen) atoms. The molecule has 1 aliphatic carbocycles. The van der Waals surface area contributed by atoms with Gasteiger partial charge in [0.2, 0.25) is 0 Å². The smallest absolute Gasteiger partial charge is 0.0201 e. The molecule has 1 atom stereocenters. The highest BCUT2D eigenvalue weighted by Gasteiger charge is 2.23. The van der Waals surface area contributed by atoms with Crippen molar-refractivity contribution in [3.05, 3.63) is 47.1 Å². The Balaban J connectivity index is 2.64. The van der Waals surface area contributed by atoms with E-state index in [4.69, 9.17) is 0 Å². The Kier molecular flexibility index (Phi) is 8.93. The predicted molar refractivity (Wildman–Crippen MR) is 114 cm³/mol. The van der Waals surface area contributed by atoms with E-state index >= 15 is 0 Å². The van der Waals surface area contributed by atoms with Gasteiger partial charge in [0.25, 0.3) is 0 Å². The van der Waals surface area contributed by atoms with Gasteiger partial charge in [-0.15, -0.1) is 0 Å². The summed E-state index contributed by atoms with van der Waals surface area (Å²) in [5, 5.41) is 0. The summed E-state index contributed by atoms with van der Waals surface area (Å²) in [4.78, 5) is 2.62. The molecule has 0 heterocycles. The molecule has 1 nitrogen and oxygen atoms in total. The van der Waals surface area contributed by atoms with Crippen LogP contribution in [0, 0.1) is 5.92 Å². The van der Waals surface area contributed by atoms with Gasteiger partial charge in [0.15, 0.2) is 0 Å². The fourth-order valence-electron chi connectivity index (χ4n) is 3.26. The second kappa shape index (κ2) is 10.2. The third-order valence-electron chi connectivity index (χ3n) is 5.30. The Morgan fingerprint density at radius 2 is 1.88 bits per heavy atom. The average molecular weight is 344 g/mol. The van der Waals surface area contributed by atoms with Crippen LogP contribution in [0.3, 0.4) is 0 Å². The Bertz CT molecular complexity index is 521. The zero-order chi connectivity index (χ0) is 19.0. The molecule has 142 valence electrons. The van der Waals surface area contributed by atoms with E-state index in [2.05, 4.69) is 78.2 Å². The summed E-state index contributed by atoms with van der Waals surface area (Å²) < 4.78 is 0. The van der Waals surface area contributed by atoms with Gasteiger partial charge in [-0.1, -0.05) is 47.1 Å². The van der Waals surface area contributed by atoms with Gasteiger partial charge in [-0.3, -0.25) is 4.90 Å². The number of hydrogen-bond donors (Lipinski definition) is 0. The Labute approximate surface area is 157 Å². The lowest BCUT2D eigenvalue weighted by Gasteiger charge is -2.37. The molecule has 0 aromatic rings. The molecule has 0 bridgehead atoms. The first kappa shape index (κ1) is 22.0. The van der Waals surface area contributed by atoms with E-state index in [1.54, 1.807) is 5.57 Å². The molecule has 1 aliphatic rings. The first-order chi connectivity index (χ1) is 11.6. The maximum absolute atomic E-state index is 4.14. The molecule has 0 saturated heterocycles. The summed E-state index contributed by atoms with van der Waals surface area (Å²) in [7, 11) is 0.